The maximum Gasteiger partial charge on any atom is 0.223 e. The van der Waals surface area contributed by atoms with Crippen LogP contribution in [0.1, 0.15) is 63.8 Å². The van der Waals surface area contributed by atoms with Gasteiger partial charge < -0.3 is 14.5 Å². The van der Waals surface area contributed by atoms with Gasteiger partial charge in [0.05, 0.1) is 12.7 Å². The minimum Gasteiger partial charge on any atom is -0.496 e. The van der Waals surface area contributed by atoms with Crippen LogP contribution in [-0.2, 0) is 11.2 Å². The second kappa shape index (κ2) is 12.0. The maximum atomic E-state index is 13.1. The van der Waals surface area contributed by atoms with Crippen LogP contribution in [0.3, 0.4) is 0 Å². The van der Waals surface area contributed by atoms with Crippen LogP contribution in [0.5, 0.6) is 5.75 Å². The van der Waals surface area contributed by atoms with Crippen molar-refractivity contribution in [2.45, 2.75) is 65.6 Å². The number of carbonyl (C=O) groups excluding carboxylic acids is 1. The molecule has 1 amide bonds. The summed E-state index contributed by atoms with van der Waals surface area (Å²) < 4.78 is 5.54. The number of amides is 1. The molecule has 7 heteroatoms. The van der Waals surface area contributed by atoms with Gasteiger partial charge in [-0.15, -0.1) is 0 Å². The van der Waals surface area contributed by atoms with Gasteiger partial charge in [0, 0.05) is 62.5 Å². The van der Waals surface area contributed by atoms with E-state index in [2.05, 4.69) is 47.7 Å². The number of rotatable bonds is 5. The molecule has 3 atom stereocenters. The molecule has 2 aromatic rings. The van der Waals surface area contributed by atoms with Crippen molar-refractivity contribution in [2.75, 3.05) is 38.2 Å². The lowest BCUT2D eigenvalue weighted by atomic mass is 9.92. The number of carbonyl (C=O) groups is 1. The van der Waals surface area contributed by atoms with E-state index in [-0.39, 0.29) is 24.0 Å². The summed E-state index contributed by atoms with van der Waals surface area (Å²) in [6.07, 6.45) is 3.08. The van der Waals surface area contributed by atoms with Crippen molar-refractivity contribution >= 4 is 11.7 Å². The molecule has 0 radical (unpaired) electrons. The highest BCUT2D eigenvalue weighted by atomic mass is 16.5. The highest BCUT2D eigenvalue weighted by molar-refractivity contribution is 5.77. The summed E-state index contributed by atoms with van der Waals surface area (Å²) >= 11 is 0. The van der Waals surface area contributed by atoms with Gasteiger partial charge in [-0.2, -0.15) is 5.26 Å². The highest BCUT2D eigenvalue weighted by Gasteiger charge is 2.33. The van der Waals surface area contributed by atoms with Gasteiger partial charge in [0.15, 0.2) is 0 Å². The Balaban J connectivity index is 0.00000167. The average Bonchev–Trinajstić information content (AvgIpc) is 2.89. The van der Waals surface area contributed by atoms with E-state index < -0.39 is 0 Å². The van der Waals surface area contributed by atoms with Crippen molar-refractivity contribution in [2.24, 2.45) is 0 Å². The van der Waals surface area contributed by atoms with Crippen molar-refractivity contribution in [3.05, 3.63) is 53.2 Å². The van der Waals surface area contributed by atoms with E-state index in [1.807, 2.05) is 36.9 Å². The fraction of sp³-hybridized carbons (Fsp3) is 0.536. The minimum absolute atomic E-state index is 0.159. The summed E-state index contributed by atoms with van der Waals surface area (Å²) in [6.45, 7) is 13.5. The number of ether oxygens (including phenoxy) is 1. The number of pyridine rings is 1. The fourth-order valence-corrected chi connectivity index (χ4v) is 5.36. The number of piperazine rings is 1. The molecule has 3 unspecified atom stereocenters. The first-order valence-corrected chi connectivity index (χ1v) is 12.7. The quantitative estimate of drug-likeness (QED) is 0.635. The molecular weight excluding hydrogens is 438 g/mol. The molecule has 188 valence electrons. The highest BCUT2D eigenvalue weighted by Crippen LogP contribution is 2.34. The molecule has 0 saturated carbocycles. The van der Waals surface area contributed by atoms with Crippen molar-refractivity contribution in [3.8, 4) is 11.8 Å². The number of hydrogen-bond donors (Lipinski definition) is 0. The number of benzene rings is 1. The topological polar surface area (TPSA) is 72.7 Å². The summed E-state index contributed by atoms with van der Waals surface area (Å²) in [5, 5.41) is 9.01. The SMILES string of the molecule is CC.COc1cccc2c1CCN(CCC(=O)N1CC(C)N(c3ccc(C#N)cn3)C(C)C1)C2C. The van der Waals surface area contributed by atoms with Crippen LogP contribution in [0.2, 0.25) is 0 Å². The first-order chi connectivity index (χ1) is 16.9. The third-order valence-corrected chi connectivity index (χ3v) is 7.06. The van der Waals surface area contributed by atoms with Crippen LogP contribution in [0.4, 0.5) is 5.82 Å². The van der Waals surface area contributed by atoms with Gasteiger partial charge in [0.1, 0.15) is 17.6 Å². The molecule has 4 rings (SSSR count). The standard InChI is InChI=1S/C26H33N5O2.C2H6/c1-18-16-30(17-19(2)31(18)25-9-8-21(14-27)15-28-25)26(32)11-13-29-12-10-23-22(20(29)3)6-5-7-24(23)33-4;1-2/h5-9,15,18-20H,10-13,16-17H2,1-4H3;1-2H3. The number of nitriles is 1. The molecule has 1 aromatic heterocycles. The number of anilines is 1. The van der Waals surface area contributed by atoms with Gasteiger partial charge in [-0.05, 0) is 51.0 Å². The Bertz CT molecular complexity index is 1020. The zero-order valence-electron chi connectivity index (χ0n) is 22.0. The largest absolute Gasteiger partial charge is 0.496 e. The van der Waals surface area contributed by atoms with E-state index >= 15 is 0 Å². The Morgan fingerprint density at radius 2 is 1.86 bits per heavy atom. The van der Waals surface area contributed by atoms with E-state index in [4.69, 9.17) is 10.00 Å². The number of nitrogens with zero attached hydrogens (tertiary/aromatic N) is 5. The zero-order chi connectivity index (χ0) is 25.5. The Hall–Kier alpha value is -3.11. The lowest BCUT2D eigenvalue weighted by Gasteiger charge is -2.45. The normalized spacial score (nSPS) is 21.9. The van der Waals surface area contributed by atoms with E-state index in [0.29, 0.717) is 25.1 Å². The Kier molecular flexibility index (Phi) is 9.11. The summed E-state index contributed by atoms with van der Waals surface area (Å²) in [4.78, 5) is 24.2. The van der Waals surface area contributed by atoms with Crippen molar-refractivity contribution in [1.29, 1.82) is 5.26 Å². The minimum atomic E-state index is 0.159. The second-order valence-electron chi connectivity index (χ2n) is 9.16. The lowest BCUT2D eigenvalue weighted by Crippen LogP contribution is -2.58. The van der Waals surface area contributed by atoms with Gasteiger partial charge in [0.25, 0.3) is 0 Å². The molecule has 35 heavy (non-hydrogen) atoms. The Labute approximate surface area is 210 Å². The third kappa shape index (κ3) is 5.76. The molecule has 1 fully saturated rings. The van der Waals surface area contributed by atoms with Gasteiger partial charge in [-0.3, -0.25) is 9.69 Å². The number of aromatic nitrogens is 1. The van der Waals surface area contributed by atoms with Gasteiger partial charge in [-0.25, -0.2) is 4.98 Å². The van der Waals surface area contributed by atoms with E-state index in [1.54, 1.807) is 19.4 Å². The van der Waals surface area contributed by atoms with E-state index in [9.17, 15) is 4.79 Å². The zero-order valence-corrected chi connectivity index (χ0v) is 22.0. The fourth-order valence-electron chi connectivity index (χ4n) is 5.36. The molecule has 1 saturated heterocycles. The second-order valence-corrected chi connectivity index (χ2v) is 9.16. The van der Waals surface area contributed by atoms with Crippen LogP contribution in [0.15, 0.2) is 36.5 Å². The van der Waals surface area contributed by atoms with E-state index in [1.165, 1.54) is 11.1 Å². The van der Waals surface area contributed by atoms with Gasteiger partial charge in [-0.1, -0.05) is 26.0 Å². The Morgan fingerprint density at radius 1 is 1.14 bits per heavy atom. The molecule has 2 aliphatic heterocycles. The van der Waals surface area contributed by atoms with Crippen LogP contribution < -0.4 is 9.64 Å². The Morgan fingerprint density at radius 3 is 2.46 bits per heavy atom. The van der Waals surface area contributed by atoms with Gasteiger partial charge >= 0.3 is 0 Å². The van der Waals surface area contributed by atoms with Crippen LogP contribution >= 0.6 is 0 Å². The van der Waals surface area contributed by atoms with Crippen molar-refractivity contribution in [1.82, 2.24) is 14.8 Å². The van der Waals surface area contributed by atoms with Crippen LogP contribution in [-0.4, -0.2) is 66.1 Å². The molecule has 2 aliphatic rings. The predicted octanol–water partition coefficient (Wildman–Crippen LogP) is 4.42. The molecule has 0 spiro atoms. The van der Waals surface area contributed by atoms with Crippen LogP contribution in [0.25, 0.3) is 0 Å². The predicted molar refractivity (Wildman–Crippen MR) is 140 cm³/mol. The molecule has 7 nitrogen and oxygen atoms in total. The monoisotopic (exact) mass is 477 g/mol. The van der Waals surface area contributed by atoms with Gasteiger partial charge in [0.2, 0.25) is 5.91 Å². The first kappa shape index (κ1) is 26.5. The summed E-state index contributed by atoms with van der Waals surface area (Å²) in [5.74, 6) is 2.04. The molecule has 0 N–H and O–H groups in total. The molecular formula is C28H39N5O2. The van der Waals surface area contributed by atoms with Crippen LogP contribution in [0, 0.1) is 11.3 Å². The number of fused-ring (bicyclic) bond motifs is 1. The summed E-state index contributed by atoms with van der Waals surface area (Å²) in [7, 11) is 1.73. The molecule has 0 bridgehead atoms. The lowest BCUT2D eigenvalue weighted by molar-refractivity contribution is -0.133. The third-order valence-electron chi connectivity index (χ3n) is 7.06. The molecule has 3 heterocycles. The molecule has 0 aliphatic carbocycles. The first-order valence-electron chi connectivity index (χ1n) is 12.7. The van der Waals surface area contributed by atoms with E-state index in [0.717, 1.165) is 31.1 Å². The molecule has 1 aromatic carbocycles. The van der Waals surface area contributed by atoms with Crippen molar-refractivity contribution in [3.63, 3.8) is 0 Å². The summed E-state index contributed by atoms with van der Waals surface area (Å²) in [5.41, 5.74) is 3.16. The maximum absolute atomic E-state index is 13.1. The smallest absolute Gasteiger partial charge is 0.223 e. The van der Waals surface area contributed by atoms with Crippen molar-refractivity contribution < 1.29 is 9.53 Å². The number of methoxy groups -OCH3 is 1. The average molecular weight is 478 g/mol. The number of hydrogen-bond acceptors (Lipinski definition) is 6. The summed E-state index contributed by atoms with van der Waals surface area (Å²) in [6, 6.07) is 12.7.